The molecule has 0 unspecified atom stereocenters. The molecule has 2 heterocycles. The summed E-state index contributed by atoms with van der Waals surface area (Å²) >= 11 is 0. The molecule has 7 heteroatoms. The summed E-state index contributed by atoms with van der Waals surface area (Å²) in [6, 6.07) is 17.8. The van der Waals surface area contributed by atoms with E-state index in [9.17, 15) is 4.39 Å². The minimum atomic E-state index is -0.389. The molecule has 0 aliphatic heterocycles. The minimum absolute atomic E-state index is 0.0549. The largest absolute Gasteiger partial charge is 0.487 e. The molecule has 0 aliphatic rings. The lowest BCUT2D eigenvalue weighted by molar-refractivity contribution is 0.294. The van der Waals surface area contributed by atoms with Crippen molar-refractivity contribution in [2.45, 2.75) is 6.61 Å². The standard InChI is InChI=1S/C21H17FN4O2/c1-23-16-8-4-14(5-9-16)20-25-26-21(28-20)15-6-10-17(11-7-15)27-13-19-18(22)3-2-12-24-19/h2-12,23H,13H2,1H3. The lowest BCUT2D eigenvalue weighted by Crippen LogP contribution is -2.00. The fourth-order valence-corrected chi connectivity index (χ4v) is 2.61. The molecule has 0 saturated carbocycles. The molecule has 4 rings (SSSR count). The quantitative estimate of drug-likeness (QED) is 0.532. The van der Waals surface area contributed by atoms with Gasteiger partial charge >= 0.3 is 0 Å². The van der Waals surface area contributed by atoms with E-state index in [2.05, 4.69) is 20.5 Å². The molecule has 4 aromatic rings. The fourth-order valence-electron chi connectivity index (χ4n) is 2.61. The van der Waals surface area contributed by atoms with Gasteiger partial charge in [0.1, 0.15) is 23.9 Å². The molecular weight excluding hydrogens is 359 g/mol. The first kappa shape index (κ1) is 17.7. The number of hydrogen-bond donors (Lipinski definition) is 1. The maximum absolute atomic E-state index is 13.6. The predicted octanol–water partition coefficient (Wildman–Crippen LogP) is 4.56. The van der Waals surface area contributed by atoms with E-state index in [4.69, 9.17) is 9.15 Å². The SMILES string of the molecule is CNc1ccc(-c2nnc(-c3ccc(OCc4ncccc4F)cc3)o2)cc1. The van der Waals surface area contributed by atoms with Gasteiger partial charge in [-0.05, 0) is 60.7 Å². The first-order chi connectivity index (χ1) is 13.7. The highest BCUT2D eigenvalue weighted by molar-refractivity contribution is 5.61. The average Bonchev–Trinajstić information content (AvgIpc) is 3.24. The maximum Gasteiger partial charge on any atom is 0.248 e. The smallest absolute Gasteiger partial charge is 0.248 e. The Morgan fingerprint density at radius 3 is 2.18 bits per heavy atom. The molecule has 0 fully saturated rings. The molecule has 0 saturated heterocycles. The van der Waals surface area contributed by atoms with E-state index in [1.165, 1.54) is 12.3 Å². The summed E-state index contributed by atoms with van der Waals surface area (Å²) in [5.41, 5.74) is 2.87. The number of halogens is 1. The second-order valence-electron chi connectivity index (χ2n) is 5.98. The Morgan fingerprint density at radius 1 is 0.929 bits per heavy atom. The highest BCUT2D eigenvalue weighted by Gasteiger charge is 2.11. The van der Waals surface area contributed by atoms with Crippen molar-refractivity contribution in [3.8, 4) is 28.7 Å². The number of hydrogen-bond acceptors (Lipinski definition) is 6. The molecule has 2 aromatic carbocycles. The molecule has 0 amide bonds. The average molecular weight is 376 g/mol. The van der Waals surface area contributed by atoms with Gasteiger partial charge in [-0.15, -0.1) is 10.2 Å². The number of anilines is 1. The number of ether oxygens (including phenoxy) is 1. The van der Waals surface area contributed by atoms with Crippen LogP contribution in [-0.2, 0) is 6.61 Å². The monoisotopic (exact) mass is 376 g/mol. The third kappa shape index (κ3) is 3.83. The van der Waals surface area contributed by atoms with Crippen LogP contribution in [0.25, 0.3) is 22.9 Å². The summed E-state index contributed by atoms with van der Waals surface area (Å²) in [5, 5.41) is 11.3. The third-order valence-electron chi connectivity index (χ3n) is 4.16. The van der Waals surface area contributed by atoms with Crippen molar-refractivity contribution in [2.75, 3.05) is 12.4 Å². The van der Waals surface area contributed by atoms with Crippen LogP contribution in [0.4, 0.5) is 10.1 Å². The zero-order valence-electron chi connectivity index (χ0n) is 15.1. The first-order valence-corrected chi connectivity index (χ1v) is 8.67. The molecular formula is C21H17FN4O2. The van der Waals surface area contributed by atoms with Crippen LogP contribution in [0.3, 0.4) is 0 Å². The lowest BCUT2D eigenvalue weighted by atomic mass is 10.2. The number of pyridine rings is 1. The summed E-state index contributed by atoms with van der Waals surface area (Å²) in [7, 11) is 1.86. The zero-order valence-corrected chi connectivity index (χ0v) is 15.1. The number of rotatable bonds is 6. The van der Waals surface area contributed by atoms with Gasteiger partial charge in [0.05, 0.1) is 0 Å². The Kier molecular flexibility index (Phi) is 4.97. The van der Waals surface area contributed by atoms with Crippen LogP contribution in [0.15, 0.2) is 71.3 Å². The van der Waals surface area contributed by atoms with Gasteiger partial charge in [-0.25, -0.2) is 4.39 Å². The fraction of sp³-hybridized carbons (Fsp3) is 0.0952. The summed E-state index contributed by atoms with van der Waals surface area (Å²) in [6.07, 6.45) is 1.53. The predicted molar refractivity (Wildman–Crippen MR) is 103 cm³/mol. The van der Waals surface area contributed by atoms with Crippen molar-refractivity contribution in [1.29, 1.82) is 0 Å². The molecule has 2 aromatic heterocycles. The van der Waals surface area contributed by atoms with E-state index >= 15 is 0 Å². The van der Waals surface area contributed by atoms with Crippen molar-refractivity contribution in [3.05, 3.63) is 78.4 Å². The van der Waals surface area contributed by atoms with Crippen molar-refractivity contribution in [3.63, 3.8) is 0 Å². The molecule has 0 radical (unpaired) electrons. The van der Waals surface area contributed by atoms with Crippen LogP contribution in [0, 0.1) is 5.82 Å². The number of aromatic nitrogens is 3. The third-order valence-corrected chi connectivity index (χ3v) is 4.16. The van der Waals surface area contributed by atoms with Crippen molar-refractivity contribution < 1.29 is 13.5 Å². The van der Waals surface area contributed by atoms with Gasteiger partial charge in [0, 0.05) is 30.1 Å². The Hall–Kier alpha value is -3.74. The number of nitrogens with one attached hydrogen (secondary N) is 1. The molecule has 0 atom stereocenters. The molecule has 1 N–H and O–H groups in total. The van der Waals surface area contributed by atoms with E-state index in [1.807, 2.05) is 43.4 Å². The second kappa shape index (κ2) is 7.87. The molecule has 0 aliphatic carbocycles. The summed E-state index contributed by atoms with van der Waals surface area (Å²) in [4.78, 5) is 3.96. The van der Waals surface area contributed by atoms with Gasteiger partial charge in [0.2, 0.25) is 11.8 Å². The van der Waals surface area contributed by atoms with Crippen LogP contribution < -0.4 is 10.1 Å². The van der Waals surface area contributed by atoms with E-state index in [-0.39, 0.29) is 18.1 Å². The Balaban J connectivity index is 1.45. The maximum atomic E-state index is 13.6. The molecule has 6 nitrogen and oxygen atoms in total. The van der Waals surface area contributed by atoms with Crippen LogP contribution in [0.1, 0.15) is 5.69 Å². The normalized spacial score (nSPS) is 10.6. The summed E-state index contributed by atoms with van der Waals surface area (Å²) in [5.74, 6) is 1.06. The van der Waals surface area contributed by atoms with Gasteiger partial charge in [0.25, 0.3) is 0 Å². The molecule has 0 spiro atoms. The van der Waals surface area contributed by atoms with E-state index < -0.39 is 0 Å². The highest BCUT2D eigenvalue weighted by atomic mass is 19.1. The van der Waals surface area contributed by atoms with Gasteiger partial charge in [-0.1, -0.05) is 0 Å². The Bertz CT molecular complexity index is 1060. The van der Waals surface area contributed by atoms with Gasteiger partial charge in [-0.2, -0.15) is 0 Å². The second-order valence-corrected chi connectivity index (χ2v) is 5.98. The Labute approximate surface area is 161 Å². The first-order valence-electron chi connectivity index (χ1n) is 8.67. The number of nitrogens with zero attached hydrogens (tertiary/aromatic N) is 3. The van der Waals surface area contributed by atoms with Crippen LogP contribution >= 0.6 is 0 Å². The van der Waals surface area contributed by atoms with Gasteiger partial charge in [-0.3, -0.25) is 4.98 Å². The number of benzene rings is 2. The summed E-state index contributed by atoms with van der Waals surface area (Å²) < 4.78 is 24.9. The van der Waals surface area contributed by atoms with Crippen LogP contribution in [0.2, 0.25) is 0 Å². The Morgan fingerprint density at radius 2 is 1.57 bits per heavy atom. The molecule has 0 bridgehead atoms. The minimum Gasteiger partial charge on any atom is -0.487 e. The van der Waals surface area contributed by atoms with Crippen molar-refractivity contribution in [1.82, 2.24) is 15.2 Å². The van der Waals surface area contributed by atoms with Gasteiger partial charge in [0.15, 0.2) is 0 Å². The van der Waals surface area contributed by atoms with Crippen molar-refractivity contribution in [2.24, 2.45) is 0 Å². The lowest BCUT2D eigenvalue weighted by Gasteiger charge is -2.06. The van der Waals surface area contributed by atoms with Gasteiger partial charge < -0.3 is 14.5 Å². The van der Waals surface area contributed by atoms with Crippen LogP contribution in [0.5, 0.6) is 5.75 Å². The summed E-state index contributed by atoms with van der Waals surface area (Å²) in [6.45, 7) is 0.0549. The molecule has 140 valence electrons. The van der Waals surface area contributed by atoms with E-state index in [1.54, 1.807) is 18.2 Å². The topological polar surface area (TPSA) is 73.1 Å². The van der Waals surface area contributed by atoms with Crippen LogP contribution in [-0.4, -0.2) is 22.2 Å². The zero-order chi connectivity index (χ0) is 19.3. The van der Waals surface area contributed by atoms with E-state index in [0.29, 0.717) is 17.5 Å². The van der Waals surface area contributed by atoms with E-state index in [0.717, 1.165) is 16.8 Å². The molecule has 28 heavy (non-hydrogen) atoms. The van der Waals surface area contributed by atoms with Crippen molar-refractivity contribution >= 4 is 5.69 Å². The highest BCUT2D eigenvalue weighted by Crippen LogP contribution is 2.26.